The molecule has 1 rings (SSSR count). The lowest BCUT2D eigenvalue weighted by atomic mass is 9.98. The molecule has 0 aromatic heterocycles. The fourth-order valence-corrected chi connectivity index (χ4v) is 11.6. The van der Waals surface area contributed by atoms with Gasteiger partial charge in [-0.25, -0.2) is 0 Å². The largest absolute Gasteiger partial charge is 0.394 e. The SMILES string of the molecule is CCCCCCCCCCCCCCCCCCCC/C=C/CC/C=C/CCCC(O)C(O)C(COC1OC(CO)C(O)C(O)C1O)NC(=O)C(O)CCCCCCCCCCCCCCCCCCCCCCCCCCCCC. The molecule has 1 amide bonds. The lowest BCUT2D eigenvalue weighted by molar-refractivity contribution is -0.303. The molecule has 0 aromatic carbocycles. The molecule has 0 bridgehead atoms. The van der Waals surface area contributed by atoms with Gasteiger partial charge < -0.3 is 50.5 Å². The van der Waals surface area contributed by atoms with Crippen LogP contribution in [0.3, 0.4) is 0 Å². The molecule has 8 N–H and O–H groups in total. The van der Waals surface area contributed by atoms with E-state index in [2.05, 4.69) is 43.5 Å². The summed E-state index contributed by atoms with van der Waals surface area (Å²) in [4.78, 5) is 13.2. The molecule has 81 heavy (non-hydrogen) atoms. The average molecular weight is 1150 g/mol. The van der Waals surface area contributed by atoms with Crippen LogP contribution in [0.2, 0.25) is 0 Å². The van der Waals surface area contributed by atoms with Gasteiger partial charge in [0.25, 0.3) is 0 Å². The molecule has 1 saturated heterocycles. The Kier molecular flexibility index (Phi) is 56.5. The maximum absolute atomic E-state index is 13.2. The highest BCUT2D eigenvalue weighted by molar-refractivity contribution is 5.80. The number of ether oxygens (including phenoxy) is 2. The van der Waals surface area contributed by atoms with Crippen molar-refractivity contribution in [2.24, 2.45) is 0 Å². The number of aliphatic hydroxyl groups is 7. The van der Waals surface area contributed by atoms with Crippen LogP contribution in [0.4, 0.5) is 0 Å². The molecule has 1 fully saturated rings. The summed E-state index contributed by atoms with van der Waals surface area (Å²) in [5, 5.41) is 76.5. The Balaban J connectivity index is 2.22. The number of hydrogen-bond donors (Lipinski definition) is 8. The minimum absolute atomic E-state index is 0.249. The van der Waals surface area contributed by atoms with Crippen molar-refractivity contribution in [3.63, 3.8) is 0 Å². The summed E-state index contributed by atoms with van der Waals surface area (Å²) in [6.45, 7) is 3.50. The van der Waals surface area contributed by atoms with Crippen LogP contribution in [0.15, 0.2) is 24.3 Å². The fraction of sp³-hybridized carbons (Fsp3) is 0.929. The van der Waals surface area contributed by atoms with Gasteiger partial charge in [-0.15, -0.1) is 0 Å². The molecule has 1 aliphatic rings. The standard InChI is InChI=1S/C70H135NO10/c1-3-5-7-9-11-13-15-17-19-21-23-25-27-29-31-33-35-37-39-41-43-45-47-49-51-53-55-57-62(73)65(75)61(60-80-70-68(78)67(77)66(76)64(59-72)81-70)71-69(79)63(74)58-56-54-52-50-48-46-44-42-40-38-36-34-32-30-28-26-24-22-20-18-16-14-12-10-8-6-4-2/h41,43,49,51,61-68,70,72-78H,3-40,42,44-48,50,52-60H2,1-2H3,(H,71,79)/b43-41+,51-49+. The van der Waals surface area contributed by atoms with E-state index in [4.69, 9.17) is 9.47 Å². The number of nitrogens with one attached hydrogen (secondary N) is 1. The molecule has 9 atom stereocenters. The highest BCUT2D eigenvalue weighted by atomic mass is 16.7. The molecular weight excluding hydrogens is 1010 g/mol. The number of allylic oxidation sites excluding steroid dienone is 4. The molecule has 11 heteroatoms. The predicted molar refractivity (Wildman–Crippen MR) is 339 cm³/mol. The molecule has 0 radical (unpaired) electrons. The minimum atomic E-state index is -1.67. The number of rotatable bonds is 62. The van der Waals surface area contributed by atoms with Gasteiger partial charge in [-0.3, -0.25) is 4.79 Å². The van der Waals surface area contributed by atoms with E-state index >= 15 is 0 Å². The van der Waals surface area contributed by atoms with Crippen molar-refractivity contribution in [2.75, 3.05) is 13.2 Å². The van der Waals surface area contributed by atoms with Gasteiger partial charge in [-0.05, 0) is 51.4 Å². The number of hydrogen-bond acceptors (Lipinski definition) is 10. The summed E-state index contributed by atoms with van der Waals surface area (Å²) in [6, 6.07) is -1.19. The lowest BCUT2D eigenvalue weighted by Crippen LogP contribution is -2.60. The first-order chi connectivity index (χ1) is 39.7. The molecule has 0 aromatic rings. The highest BCUT2D eigenvalue weighted by Gasteiger charge is 2.44. The van der Waals surface area contributed by atoms with Gasteiger partial charge >= 0.3 is 0 Å². The van der Waals surface area contributed by atoms with Gasteiger partial charge in [0.15, 0.2) is 6.29 Å². The van der Waals surface area contributed by atoms with Crippen LogP contribution in [-0.2, 0) is 14.3 Å². The van der Waals surface area contributed by atoms with Gasteiger partial charge in [-0.2, -0.15) is 0 Å². The Labute approximate surface area is 499 Å². The number of carbonyl (C=O) groups excluding carboxylic acids is 1. The Morgan fingerprint density at radius 3 is 1.10 bits per heavy atom. The molecule has 0 saturated carbocycles. The van der Waals surface area contributed by atoms with Gasteiger partial charge in [-0.1, -0.05) is 321 Å². The van der Waals surface area contributed by atoms with E-state index in [1.807, 2.05) is 0 Å². The van der Waals surface area contributed by atoms with Gasteiger partial charge in [0, 0.05) is 0 Å². The Hall–Kier alpha value is -1.41. The van der Waals surface area contributed by atoms with E-state index in [0.29, 0.717) is 19.3 Å². The molecule has 1 aliphatic heterocycles. The third-order valence-corrected chi connectivity index (χ3v) is 17.2. The number of carbonyl (C=O) groups is 1. The lowest BCUT2D eigenvalue weighted by Gasteiger charge is -2.40. The average Bonchev–Trinajstić information content (AvgIpc) is 3.49. The second-order valence-electron chi connectivity index (χ2n) is 25.0. The maximum Gasteiger partial charge on any atom is 0.249 e. The normalized spacial score (nSPS) is 19.2. The summed E-state index contributed by atoms with van der Waals surface area (Å²) in [7, 11) is 0. The van der Waals surface area contributed by atoms with Gasteiger partial charge in [0.05, 0.1) is 25.4 Å². The van der Waals surface area contributed by atoms with Gasteiger partial charge in [0.1, 0.15) is 36.6 Å². The van der Waals surface area contributed by atoms with E-state index < -0.39 is 74.2 Å². The first-order valence-electron chi connectivity index (χ1n) is 35.2. The molecule has 0 aliphatic carbocycles. The molecule has 9 unspecified atom stereocenters. The van der Waals surface area contributed by atoms with Crippen LogP contribution in [0, 0.1) is 0 Å². The smallest absolute Gasteiger partial charge is 0.249 e. The Bertz CT molecular complexity index is 1370. The second kappa shape index (κ2) is 58.9. The number of aliphatic hydroxyl groups excluding tert-OH is 7. The Morgan fingerprint density at radius 1 is 0.420 bits per heavy atom. The predicted octanol–water partition coefficient (Wildman–Crippen LogP) is 16.8. The molecule has 480 valence electrons. The van der Waals surface area contributed by atoms with E-state index in [1.54, 1.807) is 0 Å². The summed E-state index contributed by atoms with van der Waals surface area (Å²) < 4.78 is 11.2. The number of amides is 1. The van der Waals surface area contributed by atoms with Crippen molar-refractivity contribution in [2.45, 2.75) is 403 Å². The summed E-state index contributed by atoms with van der Waals surface area (Å²) in [5.74, 6) is -0.703. The van der Waals surface area contributed by atoms with E-state index in [1.165, 1.54) is 263 Å². The van der Waals surface area contributed by atoms with Crippen molar-refractivity contribution < 1.29 is 50.0 Å². The third-order valence-electron chi connectivity index (χ3n) is 17.2. The van der Waals surface area contributed by atoms with Crippen LogP contribution in [-0.4, -0.2) is 110 Å². The van der Waals surface area contributed by atoms with E-state index in [9.17, 15) is 40.5 Å². The van der Waals surface area contributed by atoms with Crippen LogP contribution in [0.25, 0.3) is 0 Å². The zero-order valence-electron chi connectivity index (χ0n) is 53.0. The van der Waals surface area contributed by atoms with Crippen molar-refractivity contribution in [3.05, 3.63) is 24.3 Å². The number of unbranched alkanes of at least 4 members (excludes halogenated alkanes) is 46. The molecule has 11 nitrogen and oxygen atoms in total. The Morgan fingerprint density at radius 2 is 0.741 bits per heavy atom. The quantitative estimate of drug-likeness (QED) is 0.0215. The minimum Gasteiger partial charge on any atom is -0.394 e. The van der Waals surface area contributed by atoms with Crippen molar-refractivity contribution >= 4 is 5.91 Å². The fourth-order valence-electron chi connectivity index (χ4n) is 11.6. The first-order valence-corrected chi connectivity index (χ1v) is 35.2. The monoisotopic (exact) mass is 1150 g/mol. The molecule has 0 spiro atoms. The molecule has 1 heterocycles. The molecular formula is C70H135NO10. The summed E-state index contributed by atoms with van der Waals surface area (Å²) >= 11 is 0. The maximum atomic E-state index is 13.2. The van der Waals surface area contributed by atoms with Crippen LogP contribution >= 0.6 is 0 Å². The summed E-state index contributed by atoms with van der Waals surface area (Å²) in [5.41, 5.74) is 0. The van der Waals surface area contributed by atoms with Crippen LogP contribution in [0.5, 0.6) is 0 Å². The third kappa shape index (κ3) is 46.5. The topological polar surface area (TPSA) is 189 Å². The van der Waals surface area contributed by atoms with Crippen molar-refractivity contribution in [1.29, 1.82) is 0 Å². The first kappa shape index (κ1) is 77.6. The summed E-state index contributed by atoms with van der Waals surface area (Å²) in [6.07, 6.45) is 62.7. The van der Waals surface area contributed by atoms with Crippen molar-refractivity contribution in [1.82, 2.24) is 5.32 Å². The van der Waals surface area contributed by atoms with E-state index in [0.717, 1.165) is 38.5 Å². The van der Waals surface area contributed by atoms with Crippen molar-refractivity contribution in [3.8, 4) is 0 Å². The second-order valence-corrected chi connectivity index (χ2v) is 25.0. The van der Waals surface area contributed by atoms with Crippen LogP contribution in [0.1, 0.15) is 348 Å². The highest BCUT2D eigenvalue weighted by Crippen LogP contribution is 2.24. The van der Waals surface area contributed by atoms with E-state index in [-0.39, 0.29) is 12.8 Å². The van der Waals surface area contributed by atoms with Crippen LogP contribution < -0.4 is 5.32 Å². The zero-order chi connectivity index (χ0) is 58.9. The van der Waals surface area contributed by atoms with Gasteiger partial charge in [0.2, 0.25) is 5.91 Å². The zero-order valence-corrected chi connectivity index (χ0v) is 53.0.